The van der Waals surface area contributed by atoms with Crippen LogP contribution in [0.3, 0.4) is 0 Å². The van der Waals surface area contributed by atoms with Gasteiger partial charge in [0, 0.05) is 20.1 Å². The average molecular weight is 271 g/mol. The molecule has 1 aromatic rings. The standard InChI is InChI=1S/C16H21N3O/c1-12(15(20)19(2)3)18-14-9-16(10-14,11-17)13-7-5-4-6-8-13/h4-8,12,14,18H,9-10H2,1-3H3. The third kappa shape index (κ3) is 2.68. The van der Waals surface area contributed by atoms with Crippen LogP contribution in [0.15, 0.2) is 30.3 Å². The second-order valence-corrected chi connectivity index (χ2v) is 5.79. The van der Waals surface area contributed by atoms with E-state index in [1.165, 1.54) is 0 Å². The Morgan fingerprint density at radius 2 is 2.00 bits per heavy atom. The van der Waals surface area contributed by atoms with Gasteiger partial charge in [-0.25, -0.2) is 0 Å². The molecule has 0 spiro atoms. The number of likely N-dealkylation sites (N-methyl/N-ethyl adjacent to an activating group) is 1. The molecule has 1 aliphatic rings. The number of nitrogens with one attached hydrogen (secondary N) is 1. The van der Waals surface area contributed by atoms with Crippen molar-refractivity contribution in [2.24, 2.45) is 0 Å². The predicted octanol–water partition coefficient (Wildman–Crippen LogP) is 1.68. The Kier molecular flexibility index (Phi) is 4.10. The highest BCUT2D eigenvalue weighted by Crippen LogP contribution is 2.43. The van der Waals surface area contributed by atoms with Crippen molar-refractivity contribution < 1.29 is 4.79 Å². The maximum atomic E-state index is 11.8. The molecule has 0 heterocycles. The SMILES string of the molecule is CC(NC1CC(C#N)(c2ccccc2)C1)C(=O)N(C)C. The van der Waals surface area contributed by atoms with Gasteiger partial charge in [-0.05, 0) is 25.3 Å². The first-order valence-corrected chi connectivity index (χ1v) is 6.92. The van der Waals surface area contributed by atoms with Gasteiger partial charge >= 0.3 is 0 Å². The highest BCUT2D eigenvalue weighted by Gasteiger charge is 2.46. The smallest absolute Gasteiger partial charge is 0.238 e. The van der Waals surface area contributed by atoms with Crippen LogP contribution in [0.5, 0.6) is 0 Å². The summed E-state index contributed by atoms with van der Waals surface area (Å²) in [5, 5.41) is 12.8. The molecule has 1 amide bonds. The third-order valence-electron chi connectivity index (χ3n) is 4.03. The summed E-state index contributed by atoms with van der Waals surface area (Å²) in [7, 11) is 3.51. The van der Waals surface area contributed by atoms with Gasteiger partial charge < -0.3 is 10.2 Å². The van der Waals surface area contributed by atoms with Crippen LogP contribution in [0.25, 0.3) is 0 Å². The van der Waals surface area contributed by atoms with E-state index in [1.54, 1.807) is 19.0 Å². The topological polar surface area (TPSA) is 56.1 Å². The van der Waals surface area contributed by atoms with Gasteiger partial charge in [-0.15, -0.1) is 0 Å². The van der Waals surface area contributed by atoms with Crippen molar-refractivity contribution in [1.82, 2.24) is 10.2 Å². The van der Waals surface area contributed by atoms with Crippen LogP contribution in [0, 0.1) is 11.3 Å². The number of carbonyl (C=O) groups is 1. The van der Waals surface area contributed by atoms with E-state index < -0.39 is 0 Å². The lowest BCUT2D eigenvalue weighted by Gasteiger charge is -2.44. The van der Waals surface area contributed by atoms with E-state index in [2.05, 4.69) is 11.4 Å². The summed E-state index contributed by atoms with van der Waals surface area (Å²) in [5.74, 6) is 0.0687. The summed E-state index contributed by atoms with van der Waals surface area (Å²) in [6, 6.07) is 12.4. The van der Waals surface area contributed by atoms with Gasteiger partial charge in [0.25, 0.3) is 0 Å². The quantitative estimate of drug-likeness (QED) is 0.906. The van der Waals surface area contributed by atoms with Crippen LogP contribution in [-0.4, -0.2) is 37.0 Å². The summed E-state index contributed by atoms with van der Waals surface area (Å²) in [6.45, 7) is 1.87. The maximum Gasteiger partial charge on any atom is 0.238 e. The number of rotatable bonds is 4. The molecule has 0 bridgehead atoms. The number of hydrogen-bond donors (Lipinski definition) is 1. The van der Waals surface area contributed by atoms with Crippen molar-refractivity contribution in [2.75, 3.05) is 14.1 Å². The fraction of sp³-hybridized carbons (Fsp3) is 0.500. The largest absolute Gasteiger partial charge is 0.347 e. The van der Waals surface area contributed by atoms with Crippen molar-refractivity contribution in [3.05, 3.63) is 35.9 Å². The van der Waals surface area contributed by atoms with E-state index in [0.717, 1.165) is 18.4 Å². The molecule has 0 radical (unpaired) electrons. The molecule has 0 saturated heterocycles. The molecule has 4 nitrogen and oxygen atoms in total. The molecule has 1 saturated carbocycles. The first kappa shape index (κ1) is 14.5. The molecule has 1 N–H and O–H groups in total. The third-order valence-corrected chi connectivity index (χ3v) is 4.03. The molecule has 1 atom stereocenters. The van der Waals surface area contributed by atoms with E-state index in [-0.39, 0.29) is 23.4 Å². The van der Waals surface area contributed by atoms with Crippen molar-refractivity contribution in [2.45, 2.75) is 37.3 Å². The van der Waals surface area contributed by atoms with E-state index in [4.69, 9.17) is 0 Å². The minimum Gasteiger partial charge on any atom is -0.347 e. The Labute approximate surface area is 120 Å². The summed E-state index contributed by atoms with van der Waals surface area (Å²) < 4.78 is 0. The fourth-order valence-corrected chi connectivity index (χ4v) is 2.86. The number of hydrogen-bond acceptors (Lipinski definition) is 3. The molecular formula is C16H21N3O. The van der Waals surface area contributed by atoms with E-state index in [9.17, 15) is 10.1 Å². The Balaban J connectivity index is 1.96. The minimum atomic E-state index is -0.389. The highest BCUT2D eigenvalue weighted by molar-refractivity contribution is 5.81. The molecule has 0 aromatic heterocycles. The van der Waals surface area contributed by atoms with Crippen LogP contribution in [0.2, 0.25) is 0 Å². The lowest BCUT2D eigenvalue weighted by molar-refractivity contribution is -0.130. The number of amides is 1. The Morgan fingerprint density at radius 1 is 1.40 bits per heavy atom. The second-order valence-electron chi connectivity index (χ2n) is 5.79. The van der Waals surface area contributed by atoms with Crippen molar-refractivity contribution in [1.29, 1.82) is 5.26 Å². The second kappa shape index (κ2) is 5.64. The molecule has 1 unspecified atom stereocenters. The van der Waals surface area contributed by atoms with Crippen LogP contribution < -0.4 is 5.32 Å². The van der Waals surface area contributed by atoms with E-state index >= 15 is 0 Å². The van der Waals surface area contributed by atoms with Crippen LogP contribution in [0.4, 0.5) is 0 Å². The van der Waals surface area contributed by atoms with Crippen LogP contribution in [-0.2, 0) is 10.2 Å². The van der Waals surface area contributed by atoms with E-state index in [1.807, 2.05) is 37.3 Å². The molecule has 1 aromatic carbocycles. The number of carbonyl (C=O) groups excluding carboxylic acids is 1. The van der Waals surface area contributed by atoms with Gasteiger partial charge in [-0.3, -0.25) is 4.79 Å². The van der Waals surface area contributed by atoms with Crippen molar-refractivity contribution in [3.8, 4) is 6.07 Å². The molecule has 1 aliphatic carbocycles. The first-order chi connectivity index (χ1) is 9.48. The van der Waals surface area contributed by atoms with Crippen LogP contribution in [0.1, 0.15) is 25.3 Å². The van der Waals surface area contributed by atoms with Gasteiger partial charge in [0.1, 0.15) is 0 Å². The maximum absolute atomic E-state index is 11.8. The molecule has 2 rings (SSSR count). The van der Waals surface area contributed by atoms with Crippen molar-refractivity contribution >= 4 is 5.91 Å². The molecule has 4 heteroatoms. The number of nitrogens with zero attached hydrogens (tertiary/aromatic N) is 2. The van der Waals surface area contributed by atoms with Gasteiger partial charge in [0.2, 0.25) is 5.91 Å². The van der Waals surface area contributed by atoms with Gasteiger partial charge in [-0.2, -0.15) is 5.26 Å². The van der Waals surface area contributed by atoms with Crippen LogP contribution >= 0.6 is 0 Å². The zero-order valence-electron chi connectivity index (χ0n) is 12.3. The molecule has 106 valence electrons. The predicted molar refractivity (Wildman–Crippen MR) is 78.0 cm³/mol. The normalized spacial score (nSPS) is 26.2. The summed E-state index contributed by atoms with van der Waals surface area (Å²) in [5.41, 5.74) is 0.687. The summed E-state index contributed by atoms with van der Waals surface area (Å²) in [4.78, 5) is 13.4. The molecule has 0 aliphatic heterocycles. The van der Waals surface area contributed by atoms with E-state index in [0.29, 0.717) is 0 Å². The lowest BCUT2D eigenvalue weighted by Crippen LogP contribution is -2.56. The summed E-state index contributed by atoms with van der Waals surface area (Å²) >= 11 is 0. The van der Waals surface area contributed by atoms with Gasteiger partial charge in [0.05, 0.1) is 17.5 Å². The molecule has 20 heavy (non-hydrogen) atoms. The van der Waals surface area contributed by atoms with Crippen molar-refractivity contribution in [3.63, 3.8) is 0 Å². The monoisotopic (exact) mass is 271 g/mol. The number of benzene rings is 1. The zero-order valence-corrected chi connectivity index (χ0v) is 12.3. The Bertz CT molecular complexity index is 512. The fourth-order valence-electron chi connectivity index (χ4n) is 2.86. The average Bonchev–Trinajstić information content (AvgIpc) is 2.42. The molecular weight excluding hydrogens is 250 g/mol. The minimum absolute atomic E-state index is 0.0687. The number of nitriles is 1. The zero-order chi connectivity index (χ0) is 14.8. The Morgan fingerprint density at radius 3 is 2.50 bits per heavy atom. The molecule has 1 fully saturated rings. The highest BCUT2D eigenvalue weighted by atomic mass is 16.2. The Hall–Kier alpha value is -1.86. The lowest BCUT2D eigenvalue weighted by atomic mass is 9.62. The van der Waals surface area contributed by atoms with Gasteiger partial charge in [0.15, 0.2) is 0 Å². The summed E-state index contributed by atoms with van der Waals surface area (Å²) in [6.07, 6.45) is 1.52. The first-order valence-electron chi connectivity index (χ1n) is 6.92. The van der Waals surface area contributed by atoms with Gasteiger partial charge in [-0.1, -0.05) is 30.3 Å².